The molecule has 0 fully saturated rings. The number of carbonyl (C=O) groups is 1. The topological polar surface area (TPSA) is 67.5 Å². The van der Waals surface area contributed by atoms with E-state index in [2.05, 4.69) is 35.8 Å². The quantitative estimate of drug-likeness (QED) is 0.388. The van der Waals surface area contributed by atoms with Gasteiger partial charge in [-0.15, -0.1) is 0 Å². The molecule has 1 aromatic heterocycles. The van der Waals surface area contributed by atoms with Crippen molar-refractivity contribution in [3.8, 4) is 0 Å². The number of nitrogens with zero attached hydrogens (tertiary/aromatic N) is 2. The fourth-order valence-electron chi connectivity index (χ4n) is 5.63. The number of ether oxygens (including phenoxy) is 2. The first-order chi connectivity index (χ1) is 16.8. The number of halogens is 1. The molecule has 35 heavy (non-hydrogen) atoms. The van der Waals surface area contributed by atoms with Crippen molar-refractivity contribution < 1.29 is 18.7 Å². The van der Waals surface area contributed by atoms with Gasteiger partial charge in [0.25, 0.3) is 0 Å². The number of nitrogens with one attached hydrogen (secondary N) is 1. The van der Waals surface area contributed by atoms with Gasteiger partial charge in [0.15, 0.2) is 0 Å². The number of hydrogen-bond donors (Lipinski definition) is 1. The summed E-state index contributed by atoms with van der Waals surface area (Å²) in [5.74, 6) is 0.954. The predicted molar refractivity (Wildman–Crippen MR) is 135 cm³/mol. The lowest BCUT2D eigenvalue weighted by molar-refractivity contribution is -0.0703. The molecule has 0 aliphatic heterocycles. The molecule has 0 saturated carbocycles. The van der Waals surface area contributed by atoms with Crippen molar-refractivity contribution >= 4 is 17.2 Å². The highest BCUT2D eigenvalue weighted by atomic mass is 19.1. The Morgan fingerprint density at radius 2 is 2.06 bits per heavy atom. The summed E-state index contributed by atoms with van der Waals surface area (Å²) >= 11 is 0. The molecule has 0 spiro atoms. The molecule has 3 aromatic rings. The molecule has 1 N–H and O–H groups in total. The molecule has 4 rings (SSSR count). The van der Waals surface area contributed by atoms with E-state index in [0.29, 0.717) is 19.3 Å². The van der Waals surface area contributed by atoms with E-state index >= 15 is 0 Å². The van der Waals surface area contributed by atoms with E-state index in [-0.39, 0.29) is 17.7 Å². The SMILES string of the molecule is COC(=O)O[C@]1(CCN(C)CCCc2nc3ccccc3[nH]2)CCc2cc(F)ccc2C1C(C)C. The van der Waals surface area contributed by atoms with Gasteiger partial charge in [-0.3, -0.25) is 0 Å². The van der Waals surface area contributed by atoms with Crippen molar-refractivity contribution in [3.63, 3.8) is 0 Å². The van der Waals surface area contributed by atoms with Gasteiger partial charge in [0, 0.05) is 25.3 Å². The van der Waals surface area contributed by atoms with Crippen molar-refractivity contribution in [2.24, 2.45) is 5.92 Å². The van der Waals surface area contributed by atoms with Gasteiger partial charge in [-0.25, -0.2) is 14.2 Å². The molecule has 7 heteroatoms. The maximum absolute atomic E-state index is 13.9. The molecule has 1 aliphatic rings. The Bertz CT molecular complexity index is 1130. The van der Waals surface area contributed by atoms with Crippen LogP contribution in [0.1, 0.15) is 56.0 Å². The Morgan fingerprint density at radius 3 is 2.80 bits per heavy atom. The molecule has 0 radical (unpaired) electrons. The standard InChI is InChI=1S/C28H36FN3O3/c1-19(2)26-22-12-11-21(29)18-20(22)13-14-28(26,35-27(33)34-4)15-17-32(3)16-7-10-25-30-23-8-5-6-9-24(23)31-25/h5-6,8-9,11-12,18-19,26H,7,10,13-17H2,1-4H3,(H,30,31)/t26?,28-/m0/s1. The van der Waals surface area contributed by atoms with Crippen molar-refractivity contribution in [3.05, 3.63) is 65.2 Å². The molecule has 6 nitrogen and oxygen atoms in total. The monoisotopic (exact) mass is 481 g/mol. The van der Waals surface area contributed by atoms with Gasteiger partial charge in [0.1, 0.15) is 17.2 Å². The van der Waals surface area contributed by atoms with E-state index in [1.165, 1.54) is 13.2 Å². The number of H-pyrrole nitrogens is 1. The summed E-state index contributed by atoms with van der Waals surface area (Å²) in [7, 11) is 3.44. The smallest absolute Gasteiger partial charge is 0.438 e. The summed E-state index contributed by atoms with van der Waals surface area (Å²) in [4.78, 5) is 22.7. The average Bonchev–Trinajstić information content (AvgIpc) is 3.25. The number of aromatic amines is 1. The van der Waals surface area contributed by atoms with Crippen LogP contribution in [0.4, 0.5) is 9.18 Å². The number of methoxy groups -OCH3 is 1. The first kappa shape index (κ1) is 25.2. The largest absolute Gasteiger partial charge is 0.508 e. The van der Waals surface area contributed by atoms with Crippen LogP contribution in [-0.4, -0.2) is 53.9 Å². The predicted octanol–water partition coefficient (Wildman–Crippen LogP) is 5.86. The lowest BCUT2D eigenvalue weighted by Gasteiger charge is -2.46. The van der Waals surface area contributed by atoms with E-state index in [0.717, 1.165) is 53.9 Å². The summed E-state index contributed by atoms with van der Waals surface area (Å²) in [5, 5.41) is 0. The minimum Gasteiger partial charge on any atom is -0.438 e. The Kier molecular flexibility index (Phi) is 7.75. The summed E-state index contributed by atoms with van der Waals surface area (Å²) in [6, 6.07) is 13.1. The third-order valence-electron chi connectivity index (χ3n) is 7.25. The highest BCUT2D eigenvalue weighted by Gasteiger charge is 2.48. The second-order valence-electron chi connectivity index (χ2n) is 10.0. The maximum atomic E-state index is 13.9. The van der Waals surface area contributed by atoms with Gasteiger partial charge in [-0.1, -0.05) is 32.0 Å². The van der Waals surface area contributed by atoms with E-state index in [9.17, 15) is 9.18 Å². The zero-order valence-electron chi connectivity index (χ0n) is 21.1. The number of fused-ring (bicyclic) bond motifs is 2. The number of rotatable bonds is 9. The highest BCUT2D eigenvalue weighted by Crippen LogP contribution is 2.48. The zero-order valence-corrected chi connectivity index (χ0v) is 21.1. The number of para-hydroxylation sites is 2. The normalized spacial score (nSPS) is 19.8. The van der Waals surface area contributed by atoms with Gasteiger partial charge in [0.05, 0.1) is 18.1 Å². The summed E-state index contributed by atoms with van der Waals surface area (Å²) in [5.41, 5.74) is 3.44. The average molecular weight is 482 g/mol. The first-order valence-electron chi connectivity index (χ1n) is 12.5. The lowest BCUT2D eigenvalue weighted by Crippen LogP contribution is -2.48. The minimum absolute atomic E-state index is 0.0325. The third-order valence-corrected chi connectivity index (χ3v) is 7.25. The Balaban J connectivity index is 1.43. The van der Waals surface area contributed by atoms with Crippen molar-refractivity contribution in [2.75, 3.05) is 27.2 Å². The van der Waals surface area contributed by atoms with Crippen LogP contribution >= 0.6 is 0 Å². The molecule has 1 unspecified atom stereocenters. The van der Waals surface area contributed by atoms with Crippen LogP contribution in [0.3, 0.4) is 0 Å². The van der Waals surface area contributed by atoms with Crippen molar-refractivity contribution in [1.82, 2.24) is 14.9 Å². The number of carbonyl (C=O) groups excluding carboxylic acids is 1. The van der Waals surface area contributed by atoms with Gasteiger partial charge in [0.2, 0.25) is 0 Å². The van der Waals surface area contributed by atoms with Crippen LogP contribution in [0.25, 0.3) is 11.0 Å². The van der Waals surface area contributed by atoms with Gasteiger partial charge in [-0.2, -0.15) is 0 Å². The molecule has 1 heterocycles. The molecule has 188 valence electrons. The molecule has 0 amide bonds. The van der Waals surface area contributed by atoms with Crippen LogP contribution in [0.5, 0.6) is 0 Å². The fraction of sp³-hybridized carbons (Fsp3) is 0.500. The zero-order chi connectivity index (χ0) is 25.0. The number of aryl methyl sites for hydroxylation is 2. The molecule has 2 aromatic carbocycles. The highest BCUT2D eigenvalue weighted by molar-refractivity contribution is 5.74. The molecular formula is C28H36FN3O3. The minimum atomic E-state index is -0.695. The van der Waals surface area contributed by atoms with Gasteiger partial charge >= 0.3 is 6.16 Å². The lowest BCUT2D eigenvalue weighted by atomic mass is 9.65. The third kappa shape index (κ3) is 5.67. The molecule has 0 bridgehead atoms. The Morgan fingerprint density at radius 1 is 1.26 bits per heavy atom. The van der Waals surface area contributed by atoms with Crippen molar-refractivity contribution in [1.29, 1.82) is 0 Å². The Hall–Kier alpha value is -2.93. The number of hydrogen-bond acceptors (Lipinski definition) is 5. The molecule has 1 aliphatic carbocycles. The summed E-state index contributed by atoms with van der Waals surface area (Å²) in [6.07, 6.45) is 3.18. The van der Waals surface area contributed by atoms with Gasteiger partial charge in [-0.05, 0) is 74.2 Å². The van der Waals surface area contributed by atoms with Gasteiger partial charge < -0.3 is 19.4 Å². The second kappa shape index (κ2) is 10.8. The first-order valence-corrected chi connectivity index (χ1v) is 12.5. The van der Waals surface area contributed by atoms with Crippen LogP contribution in [0.2, 0.25) is 0 Å². The number of benzene rings is 2. The van der Waals surface area contributed by atoms with Crippen LogP contribution < -0.4 is 0 Å². The van der Waals surface area contributed by atoms with E-state index in [4.69, 9.17) is 9.47 Å². The molecule has 0 saturated heterocycles. The van der Waals surface area contributed by atoms with Crippen LogP contribution in [0.15, 0.2) is 42.5 Å². The summed E-state index contributed by atoms with van der Waals surface area (Å²) < 4.78 is 24.9. The summed E-state index contributed by atoms with van der Waals surface area (Å²) in [6.45, 7) is 5.95. The van der Waals surface area contributed by atoms with Crippen LogP contribution in [-0.2, 0) is 22.3 Å². The fourth-order valence-corrected chi connectivity index (χ4v) is 5.63. The van der Waals surface area contributed by atoms with E-state index in [1.54, 1.807) is 6.07 Å². The second-order valence-corrected chi connectivity index (χ2v) is 10.0. The van der Waals surface area contributed by atoms with Crippen LogP contribution in [0, 0.1) is 11.7 Å². The number of imidazole rings is 1. The Labute approximate surface area is 206 Å². The van der Waals surface area contributed by atoms with E-state index in [1.807, 2.05) is 30.3 Å². The molecule has 2 atom stereocenters. The maximum Gasteiger partial charge on any atom is 0.508 e. The van der Waals surface area contributed by atoms with Crippen molar-refractivity contribution in [2.45, 2.75) is 57.5 Å². The van der Waals surface area contributed by atoms with E-state index < -0.39 is 11.8 Å². The number of aromatic nitrogens is 2. The molecular weight excluding hydrogens is 445 g/mol.